The van der Waals surface area contributed by atoms with E-state index < -0.39 is 0 Å². The van der Waals surface area contributed by atoms with Crippen LogP contribution in [-0.2, 0) is 24.3 Å². The summed E-state index contributed by atoms with van der Waals surface area (Å²) in [5, 5.41) is 15.7. The van der Waals surface area contributed by atoms with Crippen molar-refractivity contribution in [2.45, 2.75) is 39.0 Å². The number of thiophene rings is 1. The lowest BCUT2D eigenvalue weighted by atomic mass is 9.93. The van der Waals surface area contributed by atoms with E-state index in [1.54, 1.807) is 0 Å². The van der Waals surface area contributed by atoms with Gasteiger partial charge in [0.05, 0.1) is 17.8 Å². The molecule has 0 bridgehead atoms. The minimum Gasteiger partial charge on any atom is -0.370 e. The molecule has 0 spiro atoms. The van der Waals surface area contributed by atoms with Crippen LogP contribution in [0.4, 0.5) is 9.80 Å². The summed E-state index contributed by atoms with van der Waals surface area (Å²) in [5.74, 6) is 0. The number of amides is 2. The molecule has 5 nitrogen and oxygen atoms in total. The lowest BCUT2D eigenvalue weighted by Gasteiger charge is -2.29. The first-order valence-electron chi connectivity index (χ1n) is 7.76. The number of anilines is 1. The van der Waals surface area contributed by atoms with Gasteiger partial charge in [-0.1, -0.05) is 30.3 Å². The van der Waals surface area contributed by atoms with Crippen molar-refractivity contribution in [1.29, 1.82) is 5.26 Å². The van der Waals surface area contributed by atoms with Crippen LogP contribution >= 0.6 is 11.3 Å². The monoisotopic (exact) mass is 341 g/mol. The van der Waals surface area contributed by atoms with Crippen molar-refractivity contribution >= 4 is 22.4 Å². The molecule has 0 fully saturated rings. The fourth-order valence-corrected chi connectivity index (χ4v) is 3.76. The molecule has 0 atom stereocenters. The predicted molar refractivity (Wildman–Crippen MR) is 93.9 cm³/mol. The number of ether oxygens (including phenoxy) is 1. The van der Waals surface area contributed by atoms with Crippen LogP contribution < -0.4 is 10.6 Å². The molecule has 2 aromatic rings. The maximum absolute atomic E-state index is 12.1. The van der Waals surface area contributed by atoms with Crippen LogP contribution in [0.1, 0.15) is 35.4 Å². The highest BCUT2D eigenvalue weighted by Gasteiger charge is 2.31. The van der Waals surface area contributed by atoms with Crippen LogP contribution in [-0.4, -0.2) is 11.6 Å². The summed E-state index contributed by atoms with van der Waals surface area (Å²) in [6, 6.07) is 11.6. The van der Waals surface area contributed by atoms with E-state index in [-0.39, 0.29) is 11.6 Å². The molecule has 0 saturated carbocycles. The Hall–Kier alpha value is -2.36. The first-order valence-corrected chi connectivity index (χ1v) is 8.57. The van der Waals surface area contributed by atoms with Crippen molar-refractivity contribution in [3.8, 4) is 6.07 Å². The van der Waals surface area contributed by atoms with Gasteiger partial charge in [0.25, 0.3) is 0 Å². The molecule has 124 valence electrons. The fourth-order valence-electron chi connectivity index (χ4n) is 2.69. The molecule has 1 aromatic heterocycles. The van der Waals surface area contributed by atoms with Crippen LogP contribution in [0.3, 0.4) is 0 Å². The van der Waals surface area contributed by atoms with Gasteiger partial charge in [0.1, 0.15) is 11.1 Å². The van der Waals surface area contributed by atoms with Gasteiger partial charge in [-0.05, 0) is 25.0 Å². The minimum absolute atomic E-state index is 0.285. The van der Waals surface area contributed by atoms with Gasteiger partial charge in [-0.15, -0.1) is 11.3 Å². The molecule has 0 aliphatic carbocycles. The summed E-state index contributed by atoms with van der Waals surface area (Å²) in [7, 11) is 0. The number of carbonyl (C=O) groups is 1. The molecule has 2 heterocycles. The second-order valence-electron chi connectivity index (χ2n) is 6.34. The number of hydrogen-bond acceptors (Lipinski definition) is 4. The van der Waals surface area contributed by atoms with Gasteiger partial charge in [0.2, 0.25) is 0 Å². The number of nitrogens with one attached hydrogen (secondary N) is 2. The molecule has 2 N–H and O–H groups in total. The average molecular weight is 341 g/mol. The van der Waals surface area contributed by atoms with Crippen LogP contribution in [0.15, 0.2) is 30.3 Å². The largest absolute Gasteiger partial charge is 0.370 e. The lowest BCUT2D eigenvalue weighted by Crippen LogP contribution is -2.31. The quantitative estimate of drug-likeness (QED) is 0.892. The Balaban J connectivity index is 1.70. The normalized spacial score (nSPS) is 15.2. The number of hydrogen-bond donors (Lipinski definition) is 2. The predicted octanol–water partition coefficient (Wildman–Crippen LogP) is 3.79. The van der Waals surface area contributed by atoms with Crippen molar-refractivity contribution < 1.29 is 9.53 Å². The van der Waals surface area contributed by atoms with Crippen LogP contribution in [0.25, 0.3) is 0 Å². The zero-order valence-corrected chi connectivity index (χ0v) is 14.5. The van der Waals surface area contributed by atoms with Gasteiger partial charge in [-0.3, -0.25) is 5.32 Å². The van der Waals surface area contributed by atoms with Gasteiger partial charge in [-0.25, -0.2) is 4.79 Å². The van der Waals surface area contributed by atoms with E-state index >= 15 is 0 Å². The molecule has 1 aliphatic rings. The summed E-state index contributed by atoms with van der Waals surface area (Å²) in [6.07, 6.45) is 0.676. The Morgan fingerprint density at radius 2 is 2.12 bits per heavy atom. The Bertz CT molecular complexity index is 791. The van der Waals surface area contributed by atoms with Crippen LogP contribution in [0.5, 0.6) is 0 Å². The lowest BCUT2D eigenvalue weighted by molar-refractivity contribution is -0.0383. The molecule has 1 aliphatic heterocycles. The van der Waals surface area contributed by atoms with Crippen LogP contribution in [0.2, 0.25) is 0 Å². The molecular formula is C18H19N3O2S. The third kappa shape index (κ3) is 3.58. The second kappa shape index (κ2) is 6.63. The molecule has 0 saturated heterocycles. The fraction of sp³-hybridized carbons (Fsp3) is 0.333. The third-order valence-electron chi connectivity index (χ3n) is 3.92. The van der Waals surface area contributed by atoms with E-state index in [1.807, 2.05) is 44.2 Å². The van der Waals surface area contributed by atoms with Gasteiger partial charge in [0, 0.05) is 17.8 Å². The van der Waals surface area contributed by atoms with Gasteiger partial charge < -0.3 is 10.1 Å². The Kier molecular flexibility index (Phi) is 4.56. The summed E-state index contributed by atoms with van der Waals surface area (Å²) in [6.45, 7) is 4.94. The summed E-state index contributed by atoms with van der Waals surface area (Å²) >= 11 is 1.42. The Morgan fingerprint density at radius 1 is 1.38 bits per heavy atom. The Morgan fingerprint density at radius 3 is 2.83 bits per heavy atom. The van der Waals surface area contributed by atoms with Crippen molar-refractivity contribution in [3.05, 3.63) is 51.9 Å². The first-order chi connectivity index (χ1) is 11.5. The van der Waals surface area contributed by atoms with E-state index in [4.69, 9.17) is 4.74 Å². The highest BCUT2D eigenvalue weighted by Crippen LogP contribution is 2.39. The smallest absolute Gasteiger partial charge is 0.320 e. The van der Waals surface area contributed by atoms with E-state index in [1.165, 1.54) is 11.3 Å². The van der Waals surface area contributed by atoms with Crippen molar-refractivity contribution in [1.82, 2.24) is 5.32 Å². The molecule has 0 unspecified atom stereocenters. The maximum Gasteiger partial charge on any atom is 0.320 e. The van der Waals surface area contributed by atoms with E-state index in [9.17, 15) is 10.1 Å². The highest BCUT2D eigenvalue weighted by molar-refractivity contribution is 7.16. The molecular weight excluding hydrogens is 322 g/mol. The Labute approximate surface area is 145 Å². The van der Waals surface area contributed by atoms with Gasteiger partial charge in [0.15, 0.2) is 0 Å². The van der Waals surface area contributed by atoms with Gasteiger partial charge in [-0.2, -0.15) is 5.26 Å². The molecule has 2 amide bonds. The SMILES string of the molecule is CC1(C)Cc2c(sc(NC(=O)NCc3ccccc3)c2C#N)CO1. The molecule has 24 heavy (non-hydrogen) atoms. The zero-order chi connectivity index (χ0) is 17.2. The number of nitrogens with zero attached hydrogens (tertiary/aromatic N) is 1. The standard InChI is InChI=1S/C18H19N3O2S/c1-18(2)8-13-14(9-19)16(24-15(13)11-23-18)21-17(22)20-10-12-6-4-3-5-7-12/h3-7H,8,10-11H2,1-2H3,(H2,20,21,22). The third-order valence-corrected chi connectivity index (χ3v) is 5.04. The van der Waals surface area contributed by atoms with E-state index in [0.717, 1.165) is 16.0 Å². The zero-order valence-electron chi connectivity index (χ0n) is 13.7. The number of fused-ring (bicyclic) bond motifs is 1. The van der Waals surface area contributed by atoms with Crippen LogP contribution in [0, 0.1) is 11.3 Å². The van der Waals surface area contributed by atoms with Crippen molar-refractivity contribution in [2.75, 3.05) is 5.32 Å². The van der Waals surface area contributed by atoms with Crippen molar-refractivity contribution in [3.63, 3.8) is 0 Å². The van der Waals surface area contributed by atoms with E-state index in [0.29, 0.717) is 30.1 Å². The number of rotatable bonds is 3. The molecule has 1 aromatic carbocycles. The number of carbonyl (C=O) groups excluding carboxylic acids is 1. The number of benzene rings is 1. The second-order valence-corrected chi connectivity index (χ2v) is 7.44. The minimum atomic E-state index is -0.311. The molecule has 0 radical (unpaired) electrons. The summed E-state index contributed by atoms with van der Waals surface area (Å²) < 4.78 is 5.79. The summed E-state index contributed by atoms with van der Waals surface area (Å²) in [5.41, 5.74) is 2.29. The maximum atomic E-state index is 12.1. The summed E-state index contributed by atoms with van der Waals surface area (Å²) in [4.78, 5) is 13.2. The number of urea groups is 1. The number of nitriles is 1. The van der Waals surface area contributed by atoms with Crippen molar-refractivity contribution in [2.24, 2.45) is 0 Å². The molecule has 6 heteroatoms. The van der Waals surface area contributed by atoms with Gasteiger partial charge >= 0.3 is 6.03 Å². The average Bonchev–Trinajstić information content (AvgIpc) is 2.89. The first kappa shape index (κ1) is 16.5. The highest BCUT2D eigenvalue weighted by atomic mass is 32.1. The topological polar surface area (TPSA) is 74.2 Å². The van der Waals surface area contributed by atoms with E-state index in [2.05, 4.69) is 16.7 Å². The molecule has 3 rings (SSSR count).